The van der Waals surface area contributed by atoms with Gasteiger partial charge in [-0.15, -0.1) is 15.3 Å². The zero-order chi connectivity index (χ0) is 16.8. The minimum absolute atomic E-state index is 0.142. The van der Waals surface area contributed by atoms with Crippen LogP contribution in [0.5, 0.6) is 0 Å². The number of hydrogen-bond acceptors (Lipinski definition) is 5. The first-order chi connectivity index (χ1) is 10.8. The van der Waals surface area contributed by atoms with Crippen LogP contribution in [0.25, 0.3) is 4.96 Å². The van der Waals surface area contributed by atoms with E-state index in [1.54, 1.807) is 6.07 Å². The molecule has 120 valence electrons. The van der Waals surface area contributed by atoms with Crippen LogP contribution in [0.3, 0.4) is 0 Å². The number of nitrogens with one attached hydrogen (secondary N) is 1. The number of nitrogens with zero attached hydrogens (tertiary/aromatic N) is 4. The van der Waals surface area contributed by atoms with Gasteiger partial charge in [0, 0.05) is 0 Å². The molecule has 1 aromatic carbocycles. The van der Waals surface area contributed by atoms with Crippen LogP contribution in [0.4, 0.5) is 18.9 Å². The van der Waals surface area contributed by atoms with Crippen molar-refractivity contribution < 1.29 is 18.0 Å². The third kappa shape index (κ3) is 2.96. The lowest BCUT2D eigenvalue weighted by Crippen LogP contribution is -2.15. The highest BCUT2D eigenvalue weighted by molar-refractivity contribution is 7.18. The molecule has 0 aliphatic carbocycles. The van der Waals surface area contributed by atoms with Gasteiger partial charge in [-0.2, -0.15) is 17.7 Å². The fourth-order valence-electron chi connectivity index (χ4n) is 1.67. The van der Waals surface area contributed by atoms with Gasteiger partial charge in [0.1, 0.15) is 0 Å². The molecular formula is C11H4Cl2F3N5OS. The number of fused-ring (bicyclic) bond motifs is 1. The van der Waals surface area contributed by atoms with Gasteiger partial charge in [-0.25, -0.2) is 0 Å². The molecule has 1 amide bonds. The first-order valence-electron chi connectivity index (χ1n) is 5.82. The Bertz CT molecular complexity index is 887. The standard InChI is InChI=1S/C11H4Cl2F3N5OS/c12-4-2-1-3-5(13)6(4)17-7(22)8-20-21-9(11(14,15)16)18-19-10(21)23-8/h1-3H,(H,17,22). The lowest BCUT2D eigenvalue weighted by molar-refractivity contribution is -0.146. The van der Waals surface area contributed by atoms with Crippen molar-refractivity contribution in [2.45, 2.75) is 6.18 Å². The van der Waals surface area contributed by atoms with Crippen molar-refractivity contribution in [3.63, 3.8) is 0 Å². The van der Waals surface area contributed by atoms with E-state index >= 15 is 0 Å². The van der Waals surface area contributed by atoms with Gasteiger partial charge in [0.15, 0.2) is 0 Å². The molecule has 0 saturated carbocycles. The Kier molecular flexibility index (Phi) is 3.90. The number of anilines is 1. The van der Waals surface area contributed by atoms with Crippen LogP contribution >= 0.6 is 34.5 Å². The Labute approximate surface area is 139 Å². The van der Waals surface area contributed by atoms with E-state index in [-0.39, 0.29) is 25.7 Å². The largest absolute Gasteiger partial charge is 0.453 e. The average Bonchev–Trinajstić information content (AvgIpc) is 3.01. The van der Waals surface area contributed by atoms with Crippen molar-refractivity contribution in [2.75, 3.05) is 5.32 Å². The highest BCUT2D eigenvalue weighted by Crippen LogP contribution is 2.31. The zero-order valence-corrected chi connectivity index (χ0v) is 13.1. The fraction of sp³-hybridized carbons (Fsp3) is 0.0909. The van der Waals surface area contributed by atoms with Gasteiger partial charge < -0.3 is 5.32 Å². The Hall–Kier alpha value is -1.91. The molecule has 0 spiro atoms. The summed E-state index contributed by atoms with van der Waals surface area (Å²) in [6.45, 7) is 0. The van der Waals surface area contributed by atoms with E-state index in [9.17, 15) is 18.0 Å². The summed E-state index contributed by atoms with van der Waals surface area (Å²) in [5.74, 6) is -2.07. The molecule has 0 atom stereocenters. The van der Waals surface area contributed by atoms with E-state index in [0.29, 0.717) is 15.9 Å². The van der Waals surface area contributed by atoms with Crippen LogP contribution in [0, 0.1) is 0 Å². The average molecular weight is 382 g/mol. The first kappa shape index (κ1) is 16.0. The second kappa shape index (κ2) is 5.62. The number of halogens is 5. The summed E-state index contributed by atoms with van der Waals surface area (Å²) >= 11 is 12.5. The van der Waals surface area contributed by atoms with Crippen molar-refractivity contribution in [1.82, 2.24) is 19.8 Å². The predicted octanol–water partition coefficient (Wildman–Crippen LogP) is 3.76. The number of rotatable bonds is 2. The Morgan fingerprint density at radius 3 is 2.48 bits per heavy atom. The van der Waals surface area contributed by atoms with E-state index in [4.69, 9.17) is 23.2 Å². The van der Waals surface area contributed by atoms with Gasteiger partial charge in [0.25, 0.3) is 11.7 Å². The smallest absolute Gasteiger partial charge is 0.317 e. The number of para-hydroxylation sites is 1. The van der Waals surface area contributed by atoms with E-state index in [2.05, 4.69) is 20.6 Å². The molecule has 0 aliphatic heterocycles. The van der Waals surface area contributed by atoms with Gasteiger partial charge in [-0.05, 0) is 12.1 Å². The molecule has 0 aliphatic rings. The van der Waals surface area contributed by atoms with Gasteiger partial charge >= 0.3 is 6.18 Å². The van der Waals surface area contributed by atoms with Gasteiger partial charge in [0.2, 0.25) is 9.97 Å². The monoisotopic (exact) mass is 381 g/mol. The number of amides is 1. The van der Waals surface area contributed by atoms with E-state index in [0.717, 1.165) is 0 Å². The molecule has 3 rings (SSSR count). The summed E-state index contributed by atoms with van der Waals surface area (Å²) in [4.78, 5) is 12.0. The molecule has 0 radical (unpaired) electrons. The Morgan fingerprint density at radius 2 is 1.87 bits per heavy atom. The highest BCUT2D eigenvalue weighted by Gasteiger charge is 2.38. The van der Waals surface area contributed by atoms with Crippen LogP contribution < -0.4 is 5.32 Å². The number of carbonyl (C=O) groups excluding carboxylic acids is 1. The highest BCUT2D eigenvalue weighted by atomic mass is 35.5. The summed E-state index contributed by atoms with van der Waals surface area (Å²) in [5, 5.41) is 12.5. The zero-order valence-electron chi connectivity index (χ0n) is 10.7. The minimum atomic E-state index is -4.73. The molecule has 0 fully saturated rings. The number of benzene rings is 1. The maximum atomic E-state index is 12.7. The third-order valence-corrected chi connectivity index (χ3v) is 4.17. The summed E-state index contributed by atoms with van der Waals surface area (Å²) in [7, 11) is 0. The van der Waals surface area contributed by atoms with Crippen LogP contribution in [0.15, 0.2) is 18.2 Å². The van der Waals surface area contributed by atoms with Gasteiger partial charge in [0.05, 0.1) is 15.7 Å². The lowest BCUT2D eigenvalue weighted by atomic mass is 10.3. The lowest BCUT2D eigenvalue weighted by Gasteiger charge is -2.07. The van der Waals surface area contributed by atoms with Crippen LogP contribution in [0.2, 0.25) is 10.0 Å². The van der Waals surface area contributed by atoms with Crippen LogP contribution in [0.1, 0.15) is 15.6 Å². The Balaban J connectivity index is 1.94. The molecule has 2 heterocycles. The van der Waals surface area contributed by atoms with Crippen LogP contribution in [-0.4, -0.2) is 25.7 Å². The van der Waals surface area contributed by atoms with Gasteiger partial charge in [-0.1, -0.05) is 40.6 Å². The molecule has 0 saturated heterocycles. The number of aromatic nitrogens is 4. The fourth-order valence-corrected chi connectivity index (χ4v) is 2.90. The van der Waals surface area contributed by atoms with Crippen molar-refractivity contribution >= 4 is 51.1 Å². The van der Waals surface area contributed by atoms with Crippen molar-refractivity contribution in [1.29, 1.82) is 0 Å². The summed E-state index contributed by atoms with van der Waals surface area (Å²) < 4.78 is 38.6. The number of alkyl halides is 3. The van der Waals surface area contributed by atoms with Gasteiger partial charge in [-0.3, -0.25) is 4.79 Å². The predicted molar refractivity (Wildman–Crippen MR) is 78.1 cm³/mol. The third-order valence-electron chi connectivity index (χ3n) is 2.64. The van der Waals surface area contributed by atoms with E-state index in [1.165, 1.54) is 12.1 Å². The molecule has 0 bridgehead atoms. The van der Waals surface area contributed by atoms with Crippen molar-refractivity contribution in [3.05, 3.63) is 39.1 Å². The molecule has 3 aromatic rings. The van der Waals surface area contributed by atoms with Crippen molar-refractivity contribution in [2.24, 2.45) is 0 Å². The number of carbonyl (C=O) groups is 1. The number of hydrogen-bond donors (Lipinski definition) is 1. The summed E-state index contributed by atoms with van der Waals surface area (Å²) in [6, 6.07) is 4.59. The normalized spacial score (nSPS) is 11.9. The second-order valence-electron chi connectivity index (χ2n) is 4.17. The molecular weight excluding hydrogens is 378 g/mol. The topological polar surface area (TPSA) is 72.2 Å². The van der Waals surface area contributed by atoms with Crippen molar-refractivity contribution in [3.8, 4) is 0 Å². The molecule has 2 aromatic heterocycles. The summed E-state index contributed by atoms with van der Waals surface area (Å²) in [6.07, 6.45) is -4.73. The SMILES string of the molecule is O=C(Nc1c(Cl)cccc1Cl)c1nn2c(C(F)(F)F)nnc2s1. The minimum Gasteiger partial charge on any atom is -0.317 e. The molecule has 12 heteroatoms. The second-order valence-corrected chi connectivity index (χ2v) is 5.94. The molecule has 1 N–H and O–H groups in total. The quantitative estimate of drug-likeness (QED) is 0.733. The first-order valence-corrected chi connectivity index (χ1v) is 7.39. The Morgan fingerprint density at radius 1 is 1.22 bits per heavy atom. The van der Waals surface area contributed by atoms with Crippen LogP contribution in [-0.2, 0) is 6.18 Å². The molecule has 23 heavy (non-hydrogen) atoms. The molecule has 6 nitrogen and oxygen atoms in total. The molecule has 0 unspecified atom stereocenters. The maximum absolute atomic E-state index is 12.7. The van der Waals surface area contributed by atoms with E-state index < -0.39 is 17.9 Å². The van der Waals surface area contributed by atoms with E-state index in [1.807, 2.05) is 0 Å². The maximum Gasteiger partial charge on any atom is 0.453 e. The summed E-state index contributed by atoms with van der Waals surface area (Å²) in [5.41, 5.74) is 0.142.